The fourth-order valence-electron chi connectivity index (χ4n) is 3.26. The van der Waals surface area contributed by atoms with Crippen molar-refractivity contribution in [3.05, 3.63) is 71.8 Å². The van der Waals surface area contributed by atoms with Gasteiger partial charge in [0.05, 0.1) is 5.71 Å². The number of benzene rings is 2. The molecule has 102 valence electrons. The van der Waals surface area contributed by atoms with Gasteiger partial charge in [-0.2, -0.15) is 0 Å². The predicted molar refractivity (Wildman–Crippen MR) is 81.4 cm³/mol. The molecule has 2 heteroatoms. The third-order valence-corrected chi connectivity index (χ3v) is 4.28. The quantitative estimate of drug-likeness (QED) is 0.626. The second-order valence-electron chi connectivity index (χ2n) is 5.44. The lowest BCUT2D eigenvalue weighted by Crippen LogP contribution is -2.22. The van der Waals surface area contributed by atoms with E-state index in [-0.39, 0.29) is 0 Å². The van der Waals surface area contributed by atoms with E-state index in [4.69, 9.17) is 5.21 Å². The summed E-state index contributed by atoms with van der Waals surface area (Å²) in [4.78, 5) is 0. The molecular weight excluding hydrogens is 246 g/mol. The summed E-state index contributed by atoms with van der Waals surface area (Å²) in [6.07, 6.45) is 2.78. The Morgan fingerprint density at radius 1 is 0.800 bits per heavy atom. The molecule has 2 aromatic rings. The highest BCUT2D eigenvalue weighted by Crippen LogP contribution is 2.42. The van der Waals surface area contributed by atoms with Crippen LogP contribution in [0.25, 0.3) is 0 Å². The maximum atomic E-state index is 9.10. The maximum absolute atomic E-state index is 9.10. The Hall–Kier alpha value is -2.09. The molecule has 1 saturated carbocycles. The summed E-state index contributed by atoms with van der Waals surface area (Å²) in [7, 11) is 0. The molecule has 0 aromatic heterocycles. The van der Waals surface area contributed by atoms with Gasteiger partial charge in [0.2, 0.25) is 0 Å². The van der Waals surface area contributed by atoms with Crippen molar-refractivity contribution in [2.24, 2.45) is 5.16 Å². The average Bonchev–Trinajstić information content (AvgIpc) is 2.56. The van der Waals surface area contributed by atoms with Crippen molar-refractivity contribution >= 4 is 5.71 Å². The third kappa shape index (κ3) is 2.60. The van der Waals surface area contributed by atoms with Crippen molar-refractivity contribution < 1.29 is 5.21 Å². The molecule has 0 amide bonds. The van der Waals surface area contributed by atoms with Gasteiger partial charge >= 0.3 is 0 Å². The number of rotatable bonds is 2. The van der Waals surface area contributed by atoms with Gasteiger partial charge < -0.3 is 5.21 Å². The first-order valence-electron chi connectivity index (χ1n) is 7.18. The Morgan fingerprint density at radius 2 is 1.35 bits per heavy atom. The first-order chi connectivity index (χ1) is 9.88. The number of nitrogens with zero attached hydrogens (tertiary/aromatic N) is 1. The van der Waals surface area contributed by atoms with Gasteiger partial charge in [0.15, 0.2) is 0 Å². The van der Waals surface area contributed by atoms with Crippen molar-refractivity contribution in [2.75, 3.05) is 0 Å². The highest BCUT2D eigenvalue weighted by atomic mass is 16.4. The molecule has 20 heavy (non-hydrogen) atoms. The molecule has 0 spiro atoms. The Morgan fingerprint density at radius 3 is 1.90 bits per heavy atom. The van der Waals surface area contributed by atoms with E-state index in [1.165, 1.54) is 11.1 Å². The van der Waals surface area contributed by atoms with Crippen LogP contribution < -0.4 is 0 Å². The topological polar surface area (TPSA) is 32.6 Å². The van der Waals surface area contributed by atoms with Crippen molar-refractivity contribution in [1.82, 2.24) is 0 Å². The molecule has 3 rings (SSSR count). The third-order valence-electron chi connectivity index (χ3n) is 4.28. The standard InChI is InChI=1S/C18H19NO/c20-19-16-11-12-17(14-7-3-1-4-8-14)18(13-16)15-9-5-2-6-10-15/h1-10,17-18,20H,11-13H2/b19-16-. The normalized spacial score (nSPS) is 24.7. The van der Waals surface area contributed by atoms with Crippen LogP contribution in [-0.4, -0.2) is 10.9 Å². The zero-order valence-corrected chi connectivity index (χ0v) is 11.4. The SMILES string of the molecule is O/N=C1/CCC(c2ccccc2)C(c2ccccc2)C1. The fraction of sp³-hybridized carbons (Fsp3) is 0.278. The van der Waals surface area contributed by atoms with Gasteiger partial charge in [0, 0.05) is 0 Å². The van der Waals surface area contributed by atoms with Crippen LogP contribution in [0.15, 0.2) is 65.8 Å². The molecule has 0 bridgehead atoms. The molecule has 0 radical (unpaired) electrons. The van der Waals surface area contributed by atoms with Gasteiger partial charge in [-0.1, -0.05) is 65.8 Å². The second kappa shape index (κ2) is 5.91. The predicted octanol–water partition coefficient (Wildman–Crippen LogP) is 4.57. The van der Waals surface area contributed by atoms with Crippen LogP contribution in [0.3, 0.4) is 0 Å². The van der Waals surface area contributed by atoms with Crippen molar-refractivity contribution in [1.29, 1.82) is 0 Å². The molecule has 0 aliphatic heterocycles. The van der Waals surface area contributed by atoms with Crippen molar-refractivity contribution in [3.63, 3.8) is 0 Å². The first kappa shape index (κ1) is 12.9. The molecule has 1 N–H and O–H groups in total. The number of hydrogen-bond donors (Lipinski definition) is 1. The summed E-state index contributed by atoms with van der Waals surface area (Å²) >= 11 is 0. The smallest absolute Gasteiger partial charge is 0.0577 e. The highest BCUT2D eigenvalue weighted by molar-refractivity contribution is 5.85. The van der Waals surface area contributed by atoms with Gasteiger partial charge in [-0.15, -0.1) is 0 Å². The van der Waals surface area contributed by atoms with E-state index in [9.17, 15) is 0 Å². The van der Waals surface area contributed by atoms with Crippen LogP contribution in [0.5, 0.6) is 0 Å². The minimum atomic E-state index is 0.401. The Kier molecular flexibility index (Phi) is 3.82. The lowest BCUT2D eigenvalue weighted by molar-refractivity contribution is 0.311. The van der Waals surface area contributed by atoms with Crippen LogP contribution in [0.2, 0.25) is 0 Å². The second-order valence-corrected chi connectivity index (χ2v) is 5.44. The monoisotopic (exact) mass is 265 g/mol. The molecule has 0 saturated heterocycles. The van der Waals surface area contributed by atoms with Crippen LogP contribution in [0.1, 0.15) is 42.2 Å². The minimum Gasteiger partial charge on any atom is -0.411 e. The van der Waals surface area contributed by atoms with Gasteiger partial charge in [0.25, 0.3) is 0 Å². The summed E-state index contributed by atoms with van der Waals surface area (Å²) in [6, 6.07) is 21.3. The summed E-state index contributed by atoms with van der Waals surface area (Å²) < 4.78 is 0. The van der Waals surface area contributed by atoms with Gasteiger partial charge in [-0.05, 0) is 42.2 Å². The zero-order chi connectivity index (χ0) is 13.8. The van der Waals surface area contributed by atoms with Crippen LogP contribution in [0.4, 0.5) is 0 Å². The van der Waals surface area contributed by atoms with E-state index in [0.29, 0.717) is 11.8 Å². The molecule has 2 unspecified atom stereocenters. The molecular formula is C18H19NO. The maximum Gasteiger partial charge on any atom is 0.0577 e. The summed E-state index contributed by atoms with van der Waals surface area (Å²) in [5.74, 6) is 0.905. The molecule has 1 aliphatic carbocycles. The first-order valence-corrected chi connectivity index (χ1v) is 7.18. The van der Waals surface area contributed by atoms with E-state index < -0.39 is 0 Å². The van der Waals surface area contributed by atoms with Gasteiger partial charge in [-0.3, -0.25) is 0 Å². The fourth-order valence-corrected chi connectivity index (χ4v) is 3.26. The molecule has 1 fully saturated rings. The van der Waals surface area contributed by atoms with Crippen LogP contribution in [-0.2, 0) is 0 Å². The van der Waals surface area contributed by atoms with Gasteiger partial charge in [0.1, 0.15) is 0 Å². The largest absolute Gasteiger partial charge is 0.411 e. The van der Waals surface area contributed by atoms with Crippen molar-refractivity contribution in [2.45, 2.75) is 31.1 Å². The lowest BCUT2D eigenvalue weighted by atomic mass is 9.71. The Labute approximate surface area is 119 Å². The Balaban J connectivity index is 1.95. The number of hydrogen-bond acceptors (Lipinski definition) is 2. The minimum absolute atomic E-state index is 0.401. The van der Waals surface area contributed by atoms with E-state index in [1.54, 1.807) is 0 Å². The molecule has 2 atom stereocenters. The van der Waals surface area contributed by atoms with E-state index in [0.717, 1.165) is 25.0 Å². The average molecular weight is 265 g/mol. The Bertz CT molecular complexity index is 577. The number of oxime groups is 1. The zero-order valence-electron chi connectivity index (χ0n) is 11.4. The molecule has 1 aliphatic rings. The molecule has 2 nitrogen and oxygen atoms in total. The lowest BCUT2D eigenvalue weighted by Gasteiger charge is -2.32. The van der Waals surface area contributed by atoms with E-state index >= 15 is 0 Å². The van der Waals surface area contributed by atoms with Gasteiger partial charge in [-0.25, -0.2) is 0 Å². The highest BCUT2D eigenvalue weighted by Gasteiger charge is 2.30. The summed E-state index contributed by atoms with van der Waals surface area (Å²) in [6.45, 7) is 0. The van der Waals surface area contributed by atoms with Crippen molar-refractivity contribution in [3.8, 4) is 0 Å². The van der Waals surface area contributed by atoms with E-state index in [1.807, 2.05) is 6.07 Å². The van der Waals surface area contributed by atoms with Crippen LogP contribution >= 0.6 is 0 Å². The molecule has 0 heterocycles. The summed E-state index contributed by atoms with van der Waals surface area (Å²) in [5, 5.41) is 12.6. The molecule has 2 aromatic carbocycles. The van der Waals surface area contributed by atoms with E-state index in [2.05, 4.69) is 59.8 Å². The summed E-state index contributed by atoms with van der Waals surface area (Å²) in [5.41, 5.74) is 3.64. The van der Waals surface area contributed by atoms with Crippen LogP contribution in [0, 0.1) is 0 Å².